The molecule has 2 N–H and O–H groups in total. The minimum absolute atomic E-state index is 0.115. The molecular weight excluding hydrogens is 170 g/mol. The van der Waals surface area contributed by atoms with Gasteiger partial charge in [-0.2, -0.15) is 0 Å². The van der Waals surface area contributed by atoms with Gasteiger partial charge in [-0.25, -0.2) is 13.5 Å². The molecular formula is C5H6F2N4O. The number of carbonyl (C=O) groups is 1. The van der Waals surface area contributed by atoms with Gasteiger partial charge in [0.05, 0.1) is 6.20 Å². The Hall–Kier alpha value is -1.53. The molecule has 0 saturated carbocycles. The first-order valence-corrected chi connectivity index (χ1v) is 3.07. The molecule has 1 amide bonds. The van der Waals surface area contributed by atoms with Crippen molar-refractivity contribution in [3.63, 3.8) is 0 Å². The smallest absolute Gasteiger partial charge is 0.270 e. The van der Waals surface area contributed by atoms with E-state index in [1.165, 1.54) is 0 Å². The molecule has 0 bridgehead atoms. The maximum atomic E-state index is 11.7. The first kappa shape index (κ1) is 8.57. The Labute approximate surface area is 66.2 Å². The zero-order valence-corrected chi connectivity index (χ0v) is 5.94. The van der Waals surface area contributed by atoms with Crippen LogP contribution in [0.4, 0.5) is 8.78 Å². The number of nitrogens with two attached hydrogens (primary N) is 1. The van der Waals surface area contributed by atoms with Gasteiger partial charge in [-0.05, 0) is 0 Å². The van der Waals surface area contributed by atoms with Gasteiger partial charge < -0.3 is 5.73 Å². The molecule has 0 aliphatic carbocycles. The minimum Gasteiger partial charge on any atom is -0.364 e. The summed E-state index contributed by atoms with van der Waals surface area (Å²) in [5, 5.41) is 6.54. The molecule has 0 aromatic carbocycles. The van der Waals surface area contributed by atoms with Gasteiger partial charge in [0.25, 0.3) is 12.3 Å². The largest absolute Gasteiger partial charge is 0.364 e. The van der Waals surface area contributed by atoms with Crippen molar-refractivity contribution in [1.29, 1.82) is 0 Å². The van der Waals surface area contributed by atoms with E-state index in [4.69, 9.17) is 5.73 Å². The summed E-state index contributed by atoms with van der Waals surface area (Å²) < 4.78 is 24.3. The third-order valence-corrected chi connectivity index (χ3v) is 1.12. The Kier molecular flexibility index (Phi) is 2.32. The summed E-state index contributed by atoms with van der Waals surface area (Å²) in [6.07, 6.45) is -1.44. The van der Waals surface area contributed by atoms with Crippen molar-refractivity contribution in [2.24, 2.45) is 5.73 Å². The van der Waals surface area contributed by atoms with Gasteiger partial charge >= 0.3 is 0 Å². The number of hydrogen-bond donors (Lipinski definition) is 1. The Morgan fingerprint density at radius 1 is 1.75 bits per heavy atom. The average molecular weight is 176 g/mol. The van der Waals surface area contributed by atoms with Crippen LogP contribution in [0.2, 0.25) is 0 Å². The normalized spacial score (nSPS) is 10.6. The zero-order valence-electron chi connectivity index (χ0n) is 5.94. The van der Waals surface area contributed by atoms with Crippen LogP contribution in [0.15, 0.2) is 6.20 Å². The Morgan fingerprint density at radius 2 is 2.42 bits per heavy atom. The lowest BCUT2D eigenvalue weighted by Crippen LogP contribution is -2.11. The molecule has 0 aliphatic rings. The van der Waals surface area contributed by atoms with E-state index in [9.17, 15) is 13.6 Å². The van der Waals surface area contributed by atoms with Gasteiger partial charge in [0, 0.05) is 0 Å². The Balaban J connectivity index is 2.71. The number of aromatic nitrogens is 3. The second-order valence-electron chi connectivity index (χ2n) is 2.08. The van der Waals surface area contributed by atoms with Crippen molar-refractivity contribution in [3.05, 3.63) is 11.9 Å². The van der Waals surface area contributed by atoms with Crippen molar-refractivity contribution in [2.45, 2.75) is 13.0 Å². The summed E-state index contributed by atoms with van der Waals surface area (Å²) in [4.78, 5) is 10.4. The highest BCUT2D eigenvalue weighted by Gasteiger charge is 2.09. The van der Waals surface area contributed by atoms with Crippen LogP contribution in [0.25, 0.3) is 0 Å². The van der Waals surface area contributed by atoms with Crippen LogP contribution in [-0.4, -0.2) is 27.3 Å². The van der Waals surface area contributed by atoms with Crippen LogP contribution >= 0.6 is 0 Å². The lowest BCUT2D eigenvalue weighted by molar-refractivity contribution is 0.0994. The molecule has 0 spiro atoms. The van der Waals surface area contributed by atoms with Crippen molar-refractivity contribution in [2.75, 3.05) is 0 Å². The molecule has 0 unspecified atom stereocenters. The number of rotatable bonds is 3. The van der Waals surface area contributed by atoms with E-state index >= 15 is 0 Å². The van der Waals surface area contributed by atoms with Gasteiger partial charge in [0.2, 0.25) is 0 Å². The number of hydrogen-bond acceptors (Lipinski definition) is 3. The molecule has 0 atom stereocenters. The van der Waals surface area contributed by atoms with E-state index in [-0.39, 0.29) is 5.69 Å². The number of nitrogens with zero attached hydrogens (tertiary/aromatic N) is 3. The summed E-state index contributed by atoms with van der Waals surface area (Å²) in [6, 6.07) is 0. The fourth-order valence-corrected chi connectivity index (χ4v) is 0.642. The molecule has 1 heterocycles. The SMILES string of the molecule is NC(=O)c1cn(CC(F)F)nn1. The number of amides is 1. The molecule has 12 heavy (non-hydrogen) atoms. The highest BCUT2D eigenvalue weighted by molar-refractivity contribution is 5.90. The van der Waals surface area contributed by atoms with Gasteiger partial charge in [-0.1, -0.05) is 5.21 Å². The predicted octanol–water partition coefficient (Wildman–Crippen LogP) is -0.358. The van der Waals surface area contributed by atoms with E-state index in [0.29, 0.717) is 0 Å². The molecule has 0 aliphatic heterocycles. The maximum Gasteiger partial charge on any atom is 0.270 e. The number of primary amides is 1. The predicted molar refractivity (Wildman–Crippen MR) is 34.5 cm³/mol. The molecule has 0 saturated heterocycles. The van der Waals surface area contributed by atoms with Crippen LogP contribution in [0.5, 0.6) is 0 Å². The number of alkyl halides is 2. The van der Waals surface area contributed by atoms with E-state index < -0.39 is 18.9 Å². The molecule has 1 rings (SSSR count). The van der Waals surface area contributed by atoms with E-state index in [1.54, 1.807) is 0 Å². The van der Waals surface area contributed by atoms with Crippen molar-refractivity contribution < 1.29 is 13.6 Å². The van der Waals surface area contributed by atoms with Crippen LogP contribution < -0.4 is 5.73 Å². The standard InChI is InChI=1S/C5H6F2N4O/c6-4(7)2-11-1-3(5(8)12)9-10-11/h1,4H,2H2,(H2,8,12). The van der Waals surface area contributed by atoms with Gasteiger partial charge in [0.1, 0.15) is 6.54 Å². The summed E-state index contributed by atoms with van der Waals surface area (Å²) in [5.74, 6) is -0.782. The molecule has 1 aromatic heterocycles. The van der Waals surface area contributed by atoms with Gasteiger partial charge in [-0.15, -0.1) is 5.10 Å². The maximum absolute atomic E-state index is 11.7. The first-order valence-electron chi connectivity index (χ1n) is 3.07. The summed E-state index contributed by atoms with van der Waals surface area (Å²) >= 11 is 0. The highest BCUT2D eigenvalue weighted by Crippen LogP contribution is 1.97. The summed E-state index contributed by atoms with van der Waals surface area (Å²) in [6.45, 7) is -0.583. The molecule has 0 radical (unpaired) electrons. The monoisotopic (exact) mass is 176 g/mol. The van der Waals surface area contributed by atoms with Crippen molar-refractivity contribution in [1.82, 2.24) is 15.0 Å². The molecule has 7 heteroatoms. The Bertz CT molecular complexity index is 285. The third kappa shape index (κ3) is 1.97. The number of halogens is 2. The van der Waals surface area contributed by atoms with Crippen LogP contribution in [0.1, 0.15) is 10.5 Å². The minimum atomic E-state index is -2.52. The summed E-state index contributed by atoms with van der Waals surface area (Å²) in [5.41, 5.74) is 4.70. The summed E-state index contributed by atoms with van der Waals surface area (Å²) in [7, 11) is 0. The average Bonchev–Trinajstić information content (AvgIpc) is 2.34. The molecule has 66 valence electrons. The van der Waals surface area contributed by atoms with Gasteiger partial charge in [-0.3, -0.25) is 4.79 Å². The van der Waals surface area contributed by atoms with Crippen LogP contribution in [0, 0.1) is 0 Å². The second-order valence-corrected chi connectivity index (χ2v) is 2.08. The highest BCUT2D eigenvalue weighted by atomic mass is 19.3. The van der Waals surface area contributed by atoms with Crippen LogP contribution in [0.3, 0.4) is 0 Å². The molecule has 1 aromatic rings. The van der Waals surface area contributed by atoms with Gasteiger partial charge in [0.15, 0.2) is 5.69 Å². The molecule has 5 nitrogen and oxygen atoms in total. The van der Waals surface area contributed by atoms with Crippen molar-refractivity contribution >= 4 is 5.91 Å². The molecule has 0 fully saturated rings. The van der Waals surface area contributed by atoms with Crippen LogP contribution in [-0.2, 0) is 6.54 Å². The number of carbonyl (C=O) groups excluding carboxylic acids is 1. The topological polar surface area (TPSA) is 73.8 Å². The lowest BCUT2D eigenvalue weighted by Gasteiger charge is -1.95. The first-order chi connectivity index (χ1) is 5.59. The zero-order chi connectivity index (χ0) is 9.14. The van der Waals surface area contributed by atoms with Crippen molar-refractivity contribution in [3.8, 4) is 0 Å². The van der Waals surface area contributed by atoms with E-state index in [2.05, 4.69) is 10.3 Å². The van der Waals surface area contributed by atoms with E-state index in [0.717, 1.165) is 10.9 Å². The Morgan fingerprint density at radius 3 is 2.83 bits per heavy atom. The fourth-order valence-electron chi connectivity index (χ4n) is 0.642. The fraction of sp³-hybridized carbons (Fsp3) is 0.400. The second kappa shape index (κ2) is 3.24. The third-order valence-electron chi connectivity index (χ3n) is 1.12. The lowest BCUT2D eigenvalue weighted by atomic mass is 10.5. The van der Waals surface area contributed by atoms with E-state index in [1.807, 2.05) is 0 Å². The quantitative estimate of drug-likeness (QED) is 0.683.